The van der Waals surface area contributed by atoms with Gasteiger partial charge in [0.15, 0.2) is 6.10 Å². The predicted octanol–water partition coefficient (Wildman–Crippen LogP) is 3.13. The van der Waals surface area contributed by atoms with Gasteiger partial charge in [-0.25, -0.2) is 4.68 Å². The molecule has 0 saturated heterocycles. The van der Waals surface area contributed by atoms with Gasteiger partial charge in [0.05, 0.1) is 23.9 Å². The largest absolute Gasteiger partial charge is 0.481 e. The molecule has 1 amide bonds. The summed E-state index contributed by atoms with van der Waals surface area (Å²) < 4.78 is 7.38. The Bertz CT molecular complexity index is 717. The Kier molecular flexibility index (Phi) is 5.36. The van der Waals surface area contributed by atoms with Gasteiger partial charge in [0.25, 0.3) is 5.91 Å². The first-order chi connectivity index (χ1) is 11.0. The Labute approximate surface area is 135 Å². The first-order valence-corrected chi connectivity index (χ1v) is 7.56. The third-order valence-corrected chi connectivity index (χ3v) is 3.58. The van der Waals surface area contributed by atoms with Crippen LogP contribution in [0.5, 0.6) is 5.75 Å². The Balaban J connectivity index is 2.03. The van der Waals surface area contributed by atoms with E-state index in [0.29, 0.717) is 17.1 Å². The van der Waals surface area contributed by atoms with Crippen molar-refractivity contribution < 1.29 is 9.53 Å². The topological polar surface area (TPSA) is 79.9 Å². The molecule has 6 nitrogen and oxygen atoms in total. The SMILES string of the molecule is CCC(C)n1nccc1NC(=O)C(C)Oc1cccc(C#N)c1. The van der Waals surface area contributed by atoms with Crippen LogP contribution in [0.1, 0.15) is 38.8 Å². The summed E-state index contributed by atoms with van der Waals surface area (Å²) in [5.74, 6) is 0.866. The molecule has 1 heterocycles. The van der Waals surface area contributed by atoms with E-state index in [2.05, 4.69) is 17.3 Å². The molecule has 2 rings (SSSR count). The molecule has 0 saturated carbocycles. The lowest BCUT2D eigenvalue weighted by Gasteiger charge is -2.17. The Morgan fingerprint density at radius 3 is 2.91 bits per heavy atom. The molecule has 2 unspecified atom stereocenters. The zero-order chi connectivity index (χ0) is 16.8. The zero-order valence-corrected chi connectivity index (χ0v) is 13.5. The van der Waals surface area contributed by atoms with Gasteiger partial charge in [-0.3, -0.25) is 4.79 Å². The van der Waals surface area contributed by atoms with E-state index in [0.717, 1.165) is 6.42 Å². The summed E-state index contributed by atoms with van der Waals surface area (Å²) in [7, 11) is 0. The van der Waals surface area contributed by atoms with E-state index in [4.69, 9.17) is 10.00 Å². The number of nitrogens with zero attached hydrogens (tertiary/aromatic N) is 3. The fraction of sp³-hybridized carbons (Fsp3) is 0.353. The van der Waals surface area contributed by atoms with Crippen molar-refractivity contribution in [2.24, 2.45) is 0 Å². The third kappa shape index (κ3) is 4.10. The maximum Gasteiger partial charge on any atom is 0.266 e. The highest BCUT2D eigenvalue weighted by atomic mass is 16.5. The Morgan fingerprint density at radius 1 is 1.43 bits per heavy atom. The fourth-order valence-electron chi connectivity index (χ4n) is 2.06. The maximum atomic E-state index is 12.3. The second kappa shape index (κ2) is 7.45. The van der Waals surface area contributed by atoms with E-state index in [9.17, 15) is 4.79 Å². The molecule has 120 valence electrons. The quantitative estimate of drug-likeness (QED) is 0.888. The molecule has 0 fully saturated rings. The normalized spacial score (nSPS) is 13.0. The van der Waals surface area contributed by atoms with Gasteiger partial charge >= 0.3 is 0 Å². The molecular weight excluding hydrogens is 292 g/mol. The summed E-state index contributed by atoms with van der Waals surface area (Å²) in [5, 5.41) is 15.9. The van der Waals surface area contributed by atoms with Gasteiger partial charge in [-0.15, -0.1) is 0 Å². The van der Waals surface area contributed by atoms with E-state index >= 15 is 0 Å². The van der Waals surface area contributed by atoms with Crippen LogP contribution in [0.4, 0.5) is 5.82 Å². The lowest BCUT2D eigenvalue weighted by atomic mass is 10.2. The lowest BCUT2D eigenvalue weighted by Crippen LogP contribution is -2.31. The maximum absolute atomic E-state index is 12.3. The molecule has 1 aromatic carbocycles. The molecule has 23 heavy (non-hydrogen) atoms. The molecule has 2 aromatic rings. The monoisotopic (exact) mass is 312 g/mol. The minimum Gasteiger partial charge on any atom is -0.481 e. The molecule has 1 aromatic heterocycles. The molecule has 0 aliphatic heterocycles. The smallest absolute Gasteiger partial charge is 0.266 e. The van der Waals surface area contributed by atoms with Crippen molar-refractivity contribution in [2.45, 2.75) is 39.3 Å². The summed E-state index contributed by atoms with van der Waals surface area (Å²) in [6, 6.07) is 10.7. The van der Waals surface area contributed by atoms with E-state index in [1.165, 1.54) is 0 Å². The summed E-state index contributed by atoms with van der Waals surface area (Å²) in [4.78, 5) is 12.3. The van der Waals surface area contributed by atoms with Crippen LogP contribution in [-0.2, 0) is 4.79 Å². The van der Waals surface area contributed by atoms with Crippen LogP contribution in [0.25, 0.3) is 0 Å². The summed E-state index contributed by atoms with van der Waals surface area (Å²) >= 11 is 0. The van der Waals surface area contributed by atoms with Crippen molar-refractivity contribution in [1.82, 2.24) is 9.78 Å². The molecule has 1 N–H and O–H groups in total. The van der Waals surface area contributed by atoms with Gasteiger partial charge in [-0.2, -0.15) is 10.4 Å². The van der Waals surface area contributed by atoms with Crippen molar-refractivity contribution in [1.29, 1.82) is 5.26 Å². The highest BCUT2D eigenvalue weighted by molar-refractivity contribution is 5.93. The number of carbonyl (C=O) groups excluding carboxylic acids is 1. The number of anilines is 1. The number of hydrogen-bond acceptors (Lipinski definition) is 4. The van der Waals surface area contributed by atoms with Crippen LogP contribution in [0.3, 0.4) is 0 Å². The van der Waals surface area contributed by atoms with Gasteiger partial charge in [-0.05, 0) is 38.5 Å². The van der Waals surface area contributed by atoms with E-state index in [1.54, 1.807) is 48.1 Å². The highest BCUT2D eigenvalue weighted by Crippen LogP contribution is 2.18. The molecule has 0 aliphatic rings. The van der Waals surface area contributed by atoms with Gasteiger partial charge in [0.1, 0.15) is 11.6 Å². The standard InChI is InChI=1S/C17H20N4O2/c1-4-12(2)21-16(8-9-19-21)20-17(22)13(3)23-15-7-5-6-14(10-15)11-18/h5-10,12-13H,4H2,1-3H3,(H,20,22). The molecular formula is C17H20N4O2. The third-order valence-electron chi connectivity index (χ3n) is 3.58. The second-order valence-electron chi connectivity index (χ2n) is 5.31. The summed E-state index contributed by atoms with van der Waals surface area (Å²) in [6.07, 6.45) is 1.88. The minimum atomic E-state index is -0.691. The zero-order valence-electron chi connectivity index (χ0n) is 13.5. The number of nitriles is 1. The van der Waals surface area contributed by atoms with E-state index in [-0.39, 0.29) is 11.9 Å². The van der Waals surface area contributed by atoms with E-state index in [1.807, 2.05) is 13.0 Å². The van der Waals surface area contributed by atoms with Gasteiger partial charge in [0, 0.05) is 6.07 Å². The first kappa shape index (κ1) is 16.6. The number of nitrogens with one attached hydrogen (secondary N) is 1. The van der Waals surface area contributed by atoms with Gasteiger partial charge < -0.3 is 10.1 Å². The van der Waals surface area contributed by atoms with Crippen LogP contribution in [0.15, 0.2) is 36.5 Å². The molecule has 0 spiro atoms. The number of rotatable bonds is 6. The highest BCUT2D eigenvalue weighted by Gasteiger charge is 2.18. The Hall–Kier alpha value is -2.81. The van der Waals surface area contributed by atoms with Crippen LogP contribution in [0, 0.1) is 11.3 Å². The number of ether oxygens (including phenoxy) is 1. The van der Waals surface area contributed by atoms with Gasteiger partial charge in [0.2, 0.25) is 0 Å². The number of carbonyl (C=O) groups is 1. The lowest BCUT2D eigenvalue weighted by molar-refractivity contribution is -0.122. The van der Waals surface area contributed by atoms with Crippen LogP contribution < -0.4 is 10.1 Å². The van der Waals surface area contributed by atoms with Crippen molar-refractivity contribution in [2.75, 3.05) is 5.32 Å². The van der Waals surface area contributed by atoms with Gasteiger partial charge in [-0.1, -0.05) is 13.0 Å². The van der Waals surface area contributed by atoms with Crippen LogP contribution >= 0.6 is 0 Å². The van der Waals surface area contributed by atoms with Crippen molar-refractivity contribution in [3.63, 3.8) is 0 Å². The van der Waals surface area contributed by atoms with Crippen molar-refractivity contribution in [3.8, 4) is 11.8 Å². The number of benzene rings is 1. The van der Waals surface area contributed by atoms with Crippen molar-refractivity contribution in [3.05, 3.63) is 42.1 Å². The second-order valence-corrected chi connectivity index (χ2v) is 5.31. The molecule has 6 heteroatoms. The predicted molar refractivity (Wildman–Crippen MR) is 87.1 cm³/mol. The molecule has 0 aliphatic carbocycles. The van der Waals surface area contributed by atoms with Crippen LogP contribution in [-0.4, -0.2) is 21.8 Å². The van der Waals surface area contributed by atoms with E-state index < -0.39 is 6.10 Å². The molecule has 0 bridgehead atoms. The Morgan fingerprint density at radius 2 is 2.22 bits per heavy atom. The number of amides is 1. The minimum absolute atomic E-state index is 0.198. The van der Waals surface area contributed by atoms with Crippen LogP contribution in [0.2, 0.25) is 0 Å². The molecule has 0 radical (unpaired) electrons. The summed E-state index contributed by atoms with van der Waals surface area (Å²) in [6.45, 7) is 5.76. The first-order valence-electron chi connectivity index (χ1n) is 7.56. The number of hydrogen-bond donors (Lipinski definition) is 1. The number of aromatic nitrogens is 2. The fourth-order valence-corrected chi connectivity index (χ4v) is 2.06. The average molecular weight is 312 g/mol. The summed E-state index contributed by atoms with van der Waals surface area (Å²) in [5.41, 5.74) is 0.491. The molecule has 2 atom stereocenters. The van der Waals surface area contributed by atoms with Crippen molar-refractivity contribution >= 4 is 11.7 Å². The average Bonchev–Trinajstić information content (AvgIpc) is 3.02.